The quantitative estimate of drug-likeness (QED) is 0.738. The molecule has 0 aliphatic carbocycles. The number of sulfonamides is 1. The summed E-state index contributed by atoms with van der Waals surface area (Å²) in [5.74, 6) is -2.00. The van der Waals surface area contributed by atoms with Gasteiger partial charge in [-0.15, -0.1) is 0 Å². The van der Waals surface area contributed by atoms with Crippen LogP contribution < -0.4 is 10.0 Å². The van der Waals surface area contributed by atoms with E-state index >= 15 is 0 Å². The Hall–Kier alpha value is -1.84. The second-order valence-corrected chi connectivity index (χ2v) is 6.03. The van der Waals surface area contributed by atoms with E-state index in [-0.39, 0.29) is 11.6 Å². The number of H-pyrrole nitrogens is 1. The summed E-state index contributed by atoms with van der Waals surface area (Å²) in [4.78, 5) is 0. The van der Waals surface area contributed by atoms with Crippen molar-refractivity contribution in [1.29, 1.82) is 0 Å². The summed E-state index contributed by atoms with van der Waals surface area (Å²) in [5.41, 5.74) is 0.794. The molecule has 2 rings (SSSR count). The van der Waals surface area contributed by atoms with Crippen LogP contribution in [0.1, 0.15) is 11.1 Å². The van der Waals surface area contributed by atoms with Crippen LogP contribution in [-0.4, -0.2) is 25.7 Å². The molecule has 0 saturated heterocycles. The van der Waals surface area contributed by atoms with Gasteiger partial charge in [-0.3, -0.25) is 5.10 Å². The number of nitrogens with zero attached hydrogens (tertiary/aromatic N) is 1. The molecule has 21 heavy (non-hydrogen) atoms. The molecule has 0 aliphatic rings. The molecule has 2 aromatic rings. The van der Waals surface area contributed by atoms with E-state index in [9.17, 15) is 17.2 Å². The topological polar surface area (TPSA) is 86.9 Å². The number of nitrogens with one attached hydrogen (secondary N) is 3. The smallest absolute Gasteiger partial charge is 0.258 e. The maximum atomic E-state index is 13.1. The zero-order chi connectivity index (χ0) is 15.5. The molecule has 0 spiro atoms. The molecule has 1 aromatic carbocycles. The van der Waals surface area contributed by atoms with Gasteiger partial charge in [0.2, 0.25) is 0 Å². The van der Waals surface area contributed by atoms with E-state index in [0.29, 0.717) is 17.7 Å². The van der Waals surface area contributed by atoms with Crippen LogP contribution in [0.2, 0.25) is 0 Å². The van der Waals surface area contributed by atoms with Crippen LogP contribution in [0.4, 0.5) is 8.78 Å². The number of hydrogen-bond acceptors (Lipinski definition) is 4. The Morgan fingerprint density at radius 3 is 2.67 bits per heavy atom. The summed E-state index contributed by atoms with van der Waals surface area (Å²) in [5, 5.41) is 8.88. The van der Waals surface area contributed by atoms with Gasteiger partial charge in [0.05, 0.1) is 6.20 Å². The van der Waals surface area contributed by atoms with Crippen molar-refractivity contribution in [2.45, 2.75) is 18.1 Å². The second-order valence-electron chi connectivity index (χ2n) is 4.33. The number of benzene rings is 1. The van der Waals surface area contributed by atoms with Crippen molar-refractivity contribution >= 4 is 10.0 Å². The van der Waals surface area contributed by atoms with Gasteiger partial charge >= 0.3 is 0 Å². The van der Waals surface area contributed by atoms with Gasteiger partial charge in [0, 0.05) is 18.7 Å². The van der Waals surface area contributed by atoms with Crippen LogP contribution in [0.25, 0.3) is 0 Å². The van der Waals surface area contributed by atoms with E-state index in [1.807, 2.05) is 0 Å². The standard InChI is InChI=1S/C12H14F2N4O2S/c1-15-6-9-7-16-18-12(9)21(19,20)17-5-8-2-3-10(13)11(14)4-8/h2-4,7,15,17H,5-6H2,1H3,(H,16,18). The summed E-state index contributed by atoms with van der Waals surface area (Å²) in [6.45, 7) is 0.176. The van der Waals surface area contributed by atoms with Gasteiger partial charge < -0.3 is 5.32 Å². The van der Waals surface area contributed by atoms with Gasteiger partial charge in [-0.1, -0.05) is 6.07 Å². The fourth-order valence-corrected chi connectivity index (χ4v) is 2.89. The maximum absolute atomic E-state index is 13.1. The minimum Gasteiger partial charge on any atom is -0.316 e. The molecular formula is C12H14F2N4O2S. The molecule has 0 fully saturated rings. The fourth-order valence-electron chi connectivity index (χ4n) is 1.75. The third-order valence-electron chi connectivity index (χ3n) is 2.76. The zero-order valence-corrected chi connectivity index (χ0v) is 12.0. The van der Waals surface area contributed by atoms with Crippen LogP contribution in [0, 0.1) is 11.6 Å². The lowest BCUT2D eigenvalue weighted by atomic mass is 10.2. The SMILES string of the molecule is CNCc1cn[nH]c1S(=O)(=O)NCc1ccc(F)c(F)c1. The monoisotopic (exact) mass is 316 g/mol. The number of hydrogen-bond donors (Lipinski definition) is 3. The lowest BCUT2D eigenvalue weighted by Crippen LogP contribution is -2.25. The maximum Gasteiger partial charge on any atom is 0.258 e. The summed E-state index contributed by atoms with van der Waals surface area (Å²) in [6.07, 6.45) is 1.41. The number of aromatic nitrogens is 2. The molecule has 3 N–H and O–H groups in total. The number of rotatable bonds is 6. The van der Waals surface area contributed by atoms with Gasteiger partial charge in [-0.05, 0) is 24.7 Å². The molecule has 0 bridgehead atoms. The number of aromatic amines is 1. The Morgan fingerprint density at radius 2 is 2.00 bits per heavy atom. The lowest BCUT2D eigenvalue weighted by molar-refractivity contribution is 0.506. The van der Waals surface area contributed by atoms with E-state index in [1.54, 1.807) is 7.05 Å². The average Bonchev–Trinajstić information content (AvgIpc) is 2.90. The highest BCUT2D eigenvalue weighted by atomic mass is 32.2. The van der Waals surface area contributed by atoms with Crippen molar-refractivity contribution in [1.82, 2.24) is 20.2 Å². The van der Waals surface area contributed by atoms with E-state index in [0.717, 1.165) is 12.1 Å². The molecule has 9 heteroatoms. The first-order valence-corrected chi connectivity index (χ1v) is 7.53. The highest BCUT2D eigenvalue weighted by molar-refractivity contribution is 7.89. The van der Waals surface area contributed by atoms with Crippen molar-refractivity contribution in [3.63, 3.8) is 0 Å². The summed E-state index contributed by atoms with van der Waals surface area (Å²) in [6, 6.07) is 3.20. The largest absolute Gasteiger partial charge is 0.316 e. The molecule has 0 unspecified atom stereocenters. The van der Waals surface area contributed by atoms with E-state index in [1.165, 1.54) is 12.3 Å². The Labute approximate surface area is 120 Å². The van der Waals surface area contributed by atoms with Crippen LogP contribution >= 0.6 is 0 Å². The molecule has 0 atom stereocenters. The van der Waals surface area contributed by atoms with Crippen LogP contribution in [0.3, 0.4) is 0 Å². The zero-order valence-electron chi connectivity index (χ0n) is 11.2. The molecular weight excluding hydrogens is 302 g/mol. The predicted octanol–water partition coefficient (Wildman–Crippen LogP) is 0.886. The first-order chi connectivity index (χ1) is 9.94. The van der Waals surface area contributed by atoms with Crippen molar-refractivity contribution in [2.75, 3.05) is 7.05 Å². The summed E-state index contributed by atoms with van der Waals surface area (Å²) in [7, 11) is -2.14. The summed E-state index contributed by atoms with van der Waals surface area (Å²) < 4.78 is 52.4. The normalized spacial score (nSPS) is 11.8. The predicted molar refractivity (Wildman–Crippen MR) is 71.7 cm³/mol. The van der Waals surface area contributed by atoms with Gasteiger partial charge in [0.15, 0.2) is 16.7 Å². The Bertz CT molecular complexity index is 731. The molecule has 1 heterocycles. The van der Waals surface area contributed by atoms with Crippen LogP contribution in [-0.2, 0) is 23.1 Å². The van der Waals surface area contributed by atoms with Crippen LogP contribution in [0.5, 0.6) is 0 Å². The molecule has 0 aliphatic heterocycles. The van der Waals surface area contributed by atoms with Crippen molar-refractivity contribution in [3.8, 4) is 0 Å². The van der Waals surface area contributed by atoms with E-state index in [2.05, 4.69) is 20.2 Å². The molecule has 0 saturated carbocycles. The first kappa shape index (κ1) is 15.5. The van der Waals surface area contributed by atoms with Crippen molar-refractivity contribution < 1.29 is 17.2 Å². The third-order valence-corrected chi connectivity index (χ3v) is 4.18. The molecule has 0 radical (unpaired) electrons. The highest BCUT2D eigenvalue weighted by Crippen LogP contribution is 2.13. The van der Waals surface area contributed by atoms with Gasteiger partial charge in [-0.2, -0.15) is 5.10 Å². The van der Waals surface area contributed by atoms with Crippen LogP contribution in [0.15, 0.2) is 29.4 Å². The number of halogens is 2. The molecule has 114 valence electrons. The molecule has 1 aromatic heterocycles. The van der Waals surface area contributed by atoms with E-state index in [4.69, 9.17) is 0 Å². The fraction of sp³-hybridized carbons (Fsp3) is 0.250. The second kappa shape index (κ2) is 6.29. The molecule has 0 amide bonds. The van der Waals surface area contributed by atoms with Crippen molar-refractivity contribution in [2.24, 2.45) is 0 Å². The van der Waals surface area contributed by atoms with Gasteiger partial charge in [0.1, 0.15) is 0 Å². The highest BCUT2D eigenvalue weighted by Gasteiger charge is 2.20. The Kier molecular flexibility index (Phi) is 4.66. The van der Waals surface area contributed by atoms with Gasteiger partial charge in [0.25, 0.3) is 10.0 Å². The van der Waals surface area contributed by atoms with E-state index < -0.39 is 21.7 Å². The minimum absolute atomic E-state index is 0.0561. The summed E-state index contributed by atoms with van der Waals surface area (Å²) >= 11 is 0. The lowest BCUT2D eigenvalue weighted by Gasteiger charge is -2.07. The van der Waals surface area contributed by atoms with Gasteiger partial charge in [-0.25, -0.2) is 21.9 Å². The van der Waals surface area contributed by atoms with Crippen molar-refractivity contribution in [3.05, 3.63) is 47.2 Å². The Morgan fingerprint density at radius 1 is 1.24 bits per heavy atom. The third kappa shape index (κ3) is 3.63. The first-order valence-electron chi connectivity index (χ1n) is 6.04. The average molecular weight is 316 g/mol. The Balaban J connectivity index is 2.14. The minimum atomic E-state index is -3.82. The molecule has 6 nitrogen and oxygen atoms in total.